The molecule has 1 saturated carbocycles. The fourth-order valence-corrected chi connectivity index (χ4v) is 4.28. The van der Waals surface area contributed by atoms with Gasteiger partial charge in [-0.25, -0.2) is 0 Å². The van der Waals surface area contributed by atoms with Gasteiger partial charge in [-0.15, -0.1) is 11.3 Å². The summed E-state index contributed by atoms with van der Waals surface area (Å²) in [5.74, 6) is 0.0777. The topological polar surface area (TPSA) is 54.1 Å². The van der Waals surface area contributed by atoms with E-state index in [1.165, 1.54) is 6.07 Å². The number of carbonyl (C=O) groups is 1. The Balaban J connectivity index is 1.35. The Bertz CT molecular complexity index is 995. The van der Waals surface area contributed by atoms with Crippen molar-refractivity contribution in [3.05, 3.63) is 53.0 Å². The third-order valence-electron chi connectivity index (χ3n) is 4.91. The van der Waals surface area contributed by atoms with E-state index in [0.29, 0.717) is 0 Å². The summed E-state index contributed by atoms with van der Waals surface area (Å²) in [5.41, 5.74) is 2.21. The summed E-state index contributed by atoms with van der Waals surface area (Å²) >= 11 is 1.11. The number of fused-ring (bicyclic) bond motifs is 1. The number of halogens is 3. The average Bonchev–Trinajstić information content (AvgIpc) is 3.11. The van der Waals surface area contributed by atoms with E-state index in [1.54, 1.807) is 6.07 Å². The van der Waals surface area contributed by atoms with Crippen LogP contribution >= 0.6 is 11.3 Å². The van der Waals surface area contributed by atoms with Crippen molar-refractivity contribution in [2.75, 3.05) is 6.61 Å². The van der Waals surface area contributed by atoms with Crippen molar-refractivity contribution in [1.82, 2.24) is 10.3 Å². The quantitative estimate of drug-likeness (QED) is 0.593. The predicted molar refractivity (Wildman–Crippen MR) is 102 cm³/mol. The van der Waals surface area contributed by atoms with Crippen LogP contribution in [0.25, 0.3) is 10.9 Å². The number of thiophene rings is 1. The molecular formula is C20H19F3N2O2S. The zero-order valence-electron chi connectivity index (χ0n) is 15.0. The monoisotopic (exact) mass is 408 g/mol. The van der Waals surface area contributed by atoms with E-state index in [2.05, 4.69) is 10.3 Å². The first-order valence-electron chi connectivity index (χ1n) is 8.97. The minimum absolute atomic E-state index is 0.0334. The first-order chi connectivity index (χ1) is 13.3. The molecule has 3 aromatic rings. The molecule has 0 saturated heterocycles. The molecular weight excluding hydrogens is 389 g/mol. The number of hydrogen-bond acceptors (Lipinski definition) is 3. The van der Waals surface area contributed by atoms with E-state index >= 15 is 0 Å². The molecule has 2 aromatic heterocycles. The number of alkyl halides is 3. The summed E-state index contributed by atoms with van der Waals surface area (Å²) in [6, 6.07) is 10.9. The number of aromatic nitrogens is 1. The van der Waals surface area contributed by atoms with Crippen molar-refractivity contribution in [1.29, 1.82) is 0 Å². The van der Waals surface area contributed by atoms with E-state index < -0.39 is 12.8 Å². The van der Waals surface area contributed by atoms with Crippen molar-refractivity contribution in [2.45, 2.75) is 31.5 Å². The molecule has 1 aliphatic rings. The van der Waals surface area contributed by atoms with Crippen LogP contribution in [0.5, 0.6) is 5.06 Å². The highest BCUT2D eigenvalue weighted by Gasteiger charge is 2.45. The number of rotatable bonds is 6. The lowest BCUT2D eigenvalue weighted by Crippen LogP contribution is -2.27. The molecule has 1 amide bonds. The zero-order valence-corrected chi connectivity index (χ0v) is 15.9. The number of ether oxygens (including phenoxy) is 1. The number of amides is 1. The van der Waals surface area contributed by atoms with Gasteiger partial charge in [-0.3, -0.25) is 4.79 Å². The van der Waals surface area contributed by atoms with Crippen molar-refractivity contribution >= 4 is 28.1 Å². The molecule has 28 heavy (non-hydrogen) atoms. The van der Waals surface area contributed by atoms with E-state index in [4.69, 9.17) is 4.74 Å². The molecule has 2 heterocycles. The summed E-state index contributed by atoms with van der Waals surface area (Å²) in [6.07, 6.45) is -1.60. The van der Waals surface area contributed by atoms with Crippen molar-refractivity contribution in [3.63, 3.8) is 0 Å². The highest BCUT2D eigenvalue weighted by molar-refractivity contribution is 7.13. The van der Waals surface area contributed by atoms with Crippen molar-refractivity contribution in [3.8, 4) is 5.06 Å². The normalized spacial score (nSPS) is 20.1. The Kier molecular flexibility index (Phi) is 4.82. The third-order valence-corrected chi connectivity index (χ3v) is 6.09. The Hall–Kier alpha value is -2.48. The maximum atomic E-state index is 12.6. The molecule has 0 bridgehead atoms. The number of H-pyrrole nitrogens is 1. The maximum Gasteiger partial charge on any atom is 0.422 e. The summed E-state index contributed by atoms with van der Waals surface area (Å²) < 4.78 is 41.5. The Morgan fingerprint density at radius 3 is 2.89 bits per heavy atom. The standard InChI is InChI=1S/C20H19F3N2O2S/c1-11(17-6-7-18(28-17)27-10-20(21,22)23)25-19(26)14-8-13(14)15-9-24-16-5-3-2-4-12(15)16/h2-7,9,11,13-14,24H,8,10H2,1H3,(H,25,26)/t11-,13-,14-/m1/s1. The largest absolute Gasteiger partial charge is 0.475 e. The number of benzene rings is 1. The molecule has 0 spiro atoms. The van der Waals surface area contributed by atoms with Gasteiger partial charge in [0.2, 0.25) is 5.91 Å². The van der Waals surface area contributed by atoms with Crippen LogP contribution in [0.1, 0.15) is 35.7 Å². The predicted octanol–water partition coefficient (Wildman–Crippen LogP) is 5.15. The lowest BCUT2D eigenvalue weighted by atomic mass is 10.1. The second-order valence-corrected chi connectivity index (χ2v) is 8.11. The zero-order chi connectivity index (χ0) is 19.9. The minimum Gasteiger partial charge on any atom is -0.475 e. The second kappa shape index (κ2) is 7.16. The van der Waals surface area contributed by atoms with E-state index in [-0.39, 0.29) is 28.8 Å². The Morgan fingerprint density at radius 1 is 1.32 bits per heavy atom. The van der Waals surface area contributed by atoms with Gasteiger partial charge < -0.3 is 15.0 Å². The lowest BCUT2D eigenvalue weighted by molar-refractivity contribution is -0.152. The Morgan fingerprint density at radius 2 is 2.11 bits per heavy atom. The van der Waals surface area contributed by atoms with Gasteiger partial charge in [0.05, 0.1) is 6.04 Å². The smallest absolute Gasteiger partial charge is 0.422 e. The first kappa shape index (κ1) is 18.9. The molecule has 4 nitrogen and oxygen atoms in total. The number of hydrogen-bond donors (Lipinski definition) is 2. The van der Waals surface area contributed by atoms with Crippen LogP contribution in [0.4, 0.5) is 13.2 Å². The molecule has 1 fully saturated rings. The summed E-state index contributed by atoms with van der Waals surface area (Å²) in [5, 5.41) is 4.30. The molecule has 148 valence electrons. The van der Waals surface area contributed by atoms with E-state index in [1.807, 2.05) is 37.4 Å². The van der Waals surface area contributed by atoms with E-state index in [0.717, 1.165) is 39.1 Å². The van der Waals surface area contributed by atoms with Crippen LogP contribution in [-0.4, -0.2) is 23.7 Å². The average molecular weight is 408 g/mol. The van der Waals surface area contributed by atoms with Gasteiger partial charge in [0.1, 0.15) is 0 Å². The molecule has 0 radical (unpaired) electrons. The Labute approximate surface area is 163 Å². The fourth-order valence-electron chi connectivity index (χ4n) is 3.42. The summed E-state index contributed by atoms with van der Waals surface area (Å²) in [7, 11) is 0. The van der Waals surface area contributed by atoms with E-state index in [9.17, 15) is 18.0 Å². The molecule has 4 rings (SSSR count). The molecule has 1 aliphatic carbocycles. The van der Waals surface area contributed by atoms with Gasteiger partial charge in [0, 0.05) is 27.9 Å². The van der Waals surface area contributed by atoms with Crippen LogP contribution in [0.15, 0.2) is 42.6 Å². The van der Waals surface area contributed by atoms with Crippen LogP contribution in [0.2, 0.25) is 0 Å². The maximum absolute atomic E-state index is 12.6. The molecule has 1 aromatic carbocycles. The minimum atomic E-state index is -4.37. The molecule has 0 unspecified atom stereocenters. The fraction of sp³-hybridized carbons (Fsp3) is 0.350. The SMILES string of the molecule is C[C@@H](NC(=O)[C@@H]1C[C@H]1c1c[nH]c2ccccc12)c1ccc(OCC(F)(F)F)s1. The molecule has 2 N–H and O–H groups in total. The number of carbonyl (C=O) groups excluding carboxylic acids is 1. The van der Waals surface area contributed by atoms with Gasteiger partial charge in [-0.1, -0.05) is 18.2 Å². The number of nitrogens with one attached hydrogen (secondary N) is 2. The van der Waals surface area contributed by atoms with Gasteiger partial charge >= 0.3 is 6.18 Å². The molecule has 3 atom stereocenters. The third kappa shape index (κ3) is 4.01. The first-order valence-corrected chi connectivity index (χ1v) is 9.79. The molecule has 0 aliphatic heterocycles. The van der Waals surface area contributed by atoms with Crippen molar-refractivity contribution < 1.29 is 22.7 Å². The van der Waals surface area contributed by atoms with Gasteiger partial charge in [0.25, 0.3) is 0 Å². The van der Waals surface area contributed by atoms with Gasteiger partial charge in [-0.05, 0) is 43.0 Å². The number of para-hydroxylation sites is 1. The van der Waals surface area contributed by atoms with Crippen LogP contribution in [0, 0.1) is 5.92 Å². The lowest BCUT2D eigenvalue weighted by Gasteiger charge is -2.12. The summed E-state index contributed by atoms with van der Waals surface area (Å²) in [4.78, 5) is 16.6. The van der Waals surface area contributed by atoms with Crippen molar-refractivity contribution in [2.24, 2.45) is 5.92 Å². The van der Waals surface area contributed by atoms with Crippen LogP contribution in [0.3, 0.4) is 0 Å². The van der Waals surface area contributed by atoms with Gasteiger partial charge in [-0.2, -0.15) is 13.2 Å². The molecule has 8 heteroatoms. The number of aromatic amines is 1. The van der Waals surface area contributed by atoms with Gasteiger partial charge in [0.15, 0.2) is 11.7 Å². The highest BCUT2D eigenvalue weighted by atomic mass is 32.1. The van der Waals surface area contributed by atoms with Crippen LogP contribution < -0.4 is 10.1 Å². The summed E-state index contributed by atoms with van der Waals surface area (Å²) in [6.45, 7) is 0.502. The second-order valence-electron chi connectivity index (χ2n) is 7.03. The van der Waals surface area contributed by atoms with Crippen LogP contribution in [-0.2, 0) is 4.79 Å². The highest BCUT2D eigenvalue weighted by Crippen LogP contribution is 2.50.